The molecule has 0 aromatic carbocycles. The predicted molar refractivity (Wildman–Crippen MR) is 68.5 cm³/mol. The molecule has 2 heterocycles. The zero-order valence-corrected chi connectivity index (χ0v) is 10.0. The molecule has 17 heavy (non-hydrogen) atoms. The molecule has 0 saturated carbocycles. The van der Waals surface area contributed by atoms with Crippen LogP contribution >= 0.6 is 0 Å². The summed E-state index contributed by atoms with van der Waals surface area (Å²) in [5.74, 6) is 0. The normalized spacial score (nSPS) is 12.4. The molecule has 0 aliphatic heterocycles. The molecule has 0 bridgehead atoms. The Hall–Kier alpha value is -1.74. The molecule has 1 atom stereocenters. The summed E-state index contributed by atoms with van der Waals surface area (Å²) in [4.78, 5) is 8.17. The first-order valence-electron chi connectivity index (χ1n) is 5.82. The molecule has 0 spiro atoms. The van der Waals surface area contributed by atoms with Crippen molar-refractivity contribution in [3.05, 3.63) is 59.7 Å². The van der Waals surface area contributed by atoms with Crippen molar-refractivity contribution in [1.82, 2.24) is 9.97 Å². The Balaban J connectivity index is 1.96. The van der Waals surface area contributed by atoms with E-state index in [1.807, 2.05) is 43.8 Å². The molecular formula is C14H17N3. The van der Waals surface area contributed by atoms with E-state index in [9.17, 15) is 0 Å². The quantitative estimate of drug-likeness (QED) is 0.872. The summed E-state index contributed by atoms with van der Waals surface area (Å²) >= 11 is 0. The van der Waals surface area contributed by atoms with Gasteiger partial charge in [0.2, 0.25) is 0 Å². The highest BCUT2D eigenvalue weighted by Crippen LogP contribution is 2.16. The molecule has 2 N–H and O–H groups in total. The van der Waals surface area contributed by atoms with Crippen LogP contribution in [0.1, 0.15) is 29.2 Å². The van der Waals surface area contributed by atoms with Crippen LogP contribution in [0.3, 0.4) is 0 Å². The van der Waals surface area contributed by atoms with Gasteiger partial charge in [0, 0.05) is 30.8 Å². The predicted octanol–water partition coefficient (Wildman–Crippen LogP) is 2.42. The Morgan fingerprint density at radius 1 is 1.18 bits per heavy atom. The molecule has 3 nitrogen and oxygen atoms in total. The second kappa shape index (κ2) is 5.55. The smallest absolute Gasteiger partial charge is 0.0315 e. The Bertz CT molecular complexity index is 468. The van der Waals surface area contributed by atoms with Gasteiger partial charge in [0.1, 0.15) is 0 Å². The van der Waals surface area contributed by atoms with Gasteiger partial charge in [-0.3, -0.25) is 9.97 Å². The van der Waals surface area contributed by atoms with E-state index in [0.717, 1.165) is 24.0 Å². The monoisotopic (exact) mass is 227 g/mol. The van der Waals surface area contributed by atoms with Crippen LogP contribution in [0.5, 0.6) is 0 Å². The van der Waals surface area contributed by atoms with Gasteiger partial charge in [-0.1, -0.05) is 6.07 Å². The number of aryl methyl sites for hydroxylation is 2. The Kier molecular flexibility index (Phi) is 3.83. The van der Waals surface area contributed by atoms with Crippen LogP contribution in [0.2, 0.25) is 0 Å². The van der Waals surface area contributed by atoms with Gasteiger partial charge in [0.15, 0.2) is 0 Å². The molecule has 0 fully saturated rings. The summed E-state index contributed by atoms with van der Waals surface area (Å²) in [5.41, 5.74) is 9.69. The molecular weight excluding hydrogens is 210 g/mol. The summed E-state index contributed by atoms with van der Waals surface area (Å²) in [6, 6.07) is 6.21. The van der Waals surface area contributed by atoms with E-state index in [2.05, 4.69) is 16.0 Å². The van der Waals surface area contributed by atoms with E-state index in [1.165, 1.54) is 5.56 Å². The number of nitrogens with two attached hydrogens (primary N) is 1. The first-order valence-corrected chi connectivity index (χ1v) is 5.82. The van der Waals surface area contributed by atoms with E-state index >= 15 is 0 Å². The molecule has 2 rings (SSSR count). The SMILES string of the molecule is Cc1cncc(C(N)CCc2ccncc2)c1. The molecule has 0 aliphatic rings. The first kappa shape index (κ1) is 11.7. The summed E-state index contributed by atoms with van der Waals surface area (Å²) in [6.07, 6.45) is 9.22. The second-order valence-electron chi connectivity index (χ2n) is 4.30. The minimum Gasteiger partial charge on any atom is -0.324 e. The van der Waals surface area contributed by atoms with Gasteiger partial charge in [-0.2, -0.15) is 0 Å². The highest BCUT2D eigenvalue weighted by molar-refractivity contribution is 5.20. The minimum atomic E-state index is 0.0514. The van der Waals surface area contributed by atoms with Gasteiger partial charge in [-0.05, 0) is 48.6 Å². The van der Waals surface area contributed by atoms with Crippen molar-refractivity contribution < 1.29 is 0 Å². The Morgan fingerprint density at radius 2 is 1.94 bits per heavy atom. The average Bonchev–Trinajstić information content (AvgIpc) is 2.37. The summed E-state index contributed by atoms with van der Waals surface area (Å²) < 4.78 is 0. The molecule has 0 radical (unpaired) electrons. The van der Waals surface area contributed by atoms with Crippen LogP contribution < -0.4 is 5.73 Å². The maximum atomic E-state index is 6.16. The summed E-state index contributed by atoms with van der Waals surface area (Å²) in [7, 11) is 0. The molecule has 2 aromatic rings. The molecule has 0 amide bonds. The van der Waals surface area contributed by atoms with Crippen LogP contribution in [0.4, 0.5) is 0 Å². The van der Waals surface area contributed by atoms with Crippen molar-refractivity contribution in [1.29, 1.82) is 0 Å². The molecule has 0 saturated heterocycles. The molecule has 3 heteroatoms. The van der Waals surface area contributed by atoms with Crippen LogP contribution in [-0.4, -0.2) is 9.97 Å². The third-order valence-electron chi connectivity index (χ3n) is 2.82. The van der Waals surface area contributed by atoms with Crippen molar-refractivity contribution >= 4 is 0 Å². The van der Waals surface area contributed by atoms with Crippen molar-refractivity contribution in [2.24, 2.45) is 5.73 Å². The molecule has 2 aromatic heterocycles. The number of rotatable bonds is 4. The Labute approximate surface area is 102 Å². The lowest BCUT2D eigenvalue weighted by Crippen LogP contribution is -2.11. The summed E-state index contributed by atoms with van der Waals surface area (Å²) in [5, 5.41) is 0. The topological polar surface area (TPSA) is 51.8 Å². The van der Waals surface area contributed by atoms with E-state index in [0.29, 0.717) is 0 Å². The van der Waals surface area contributed by atoms with Gasteiger partial charge in [-0.25, -0.2) is 0 Å². The van der Waals surface area contributed by atoms with Gasteiger partial charge in [-0.15, -0.1) is 0 Å². The zero-order chi connectivity index (χ0) is 12.1. The number of nitrogens with zero attached hydrogens (tertiary/aromatic N) is 2. The average molecular weight is 227 g/mol. The number of pyridine rings is 2. The summed E-state index contributed by atoms with van der Waals surface area (Å²) in [6.45, 7) is 2.03. The zero-order valence-electron chi connectivity index (χ0n) is 10.0. The molecule has 88 valence electrons. The minimum absolute atomic E-state index is 0.0514. The third-order valence-corrected chi connectivity index (χ3v) is 2.82. The molecule has 0 aliphatic carbocycles. The van der Waals surface area contributed by atoms with E-state index in [4.69, 9.17) is 5.73 Å². The van der Waals surface area contributed by atoms with Gasteiger partial charge in [0.05, 0.1) is 0 Å². The lowest BCUT2D eigenvalue weighted by Gasteiger charge is -2.12. The maximum absolute atomic E-state index is 6.16. The second-order valence-corrected chi connectivity index (χ2v) is 4.30. The van der Waals surface area contributed by atoms with Crippen LogP contribution in [0.25, 0.3) is 0 Å². The van der Waals surface area contributed by atoms with Crippen molar-refractivity contribution in [3.63, 3.8) is 0 Å². The number of hydrogen-bond donors (Lipinski definition) is 1. The lowest BCUT2D eigenvalue weighted by molar-refractivity contribution is 0.648. The number of aromatic nitrogens is 2. The van der Waals surface area contributed by atoms with Crippen LogP contribution in [0.15, 0.2) is 43.0 Å². The fraction of sp³-hybridized carbons (Fsp3) is 0.286. The van der Waals surface area contributed by atoms with Gasteiger partial charge < -0.3 is 5.73 Å². The van der Waals surface area contributed by atoms with Crippen LogP contribution in [-0.2, 0) is 6.42 Å². The standard InChI is InChI=1S/C14H17N3/c1-11-8-13(10-17-9-11)14(15)3-2-12-4-6-16-7-5-12/h4-10,14H,2-3,15H2,1H3. The van der Waals surface area contributed by atoms with E-state index in [-0.39, 0.29) is 6.04 Å². The van der Waals surface area contributed by atoms with Gasteiger partial charge in [0.25, 0.3) is 0 Å². The fourth-order valence-corrected chi connectivity index (χ4v) is 1.82. The highest BCUT2D eigenvalue weighted by Gasteiger charge is 2.06. The van der Waals surface area contributed by atoms with E-state index in [1.54, 1.807) is 0 Å². The first-order chi connectivity index (χ1) is 8.25. The maximum Gasteiger partial charge on any atom is 0.0315 e. The van der Waals surface area contributed by atoms with Gasteiger partial charge >= 0.3 is 0 Å². The lowest BCUT2D eigenvalue weighted by atomic mass is 10.0. The largest absolute Gasteiger partial charge is 0.324 e. The van der Waals surface area contributed by atoms with Crippen molar-refractivity contribution in [2.75, 3.05) is 0 Å². The number of hydrogen-bond acceptors (Lipinski definition) is 3. The molecule has 1 unspecified atom stereocenters. The van der Waals surface area contributed by atoms with Crippen LogP contribution in [0, 0.1) is 6.92 Å². The van der Waals surface area contributed by atoms with Crippen molar-refractivity contribution in [3.8, 4) is 0 Å². The third kappa shape index (κ3) is 3.36. The highest BCUT2D eigenvalue weighted by atomic mass is 14.7. The van der Waals surface area contributed by atoms with E-state index < -0.39 is 0 Å². The Morgan fingerprint density at radius 3 is 2.65 bits per heavy atom. The van der Waals surface area contributed by atoms with Crippen molar-refractivity contribution in [2.45, 2.75) is 25.8 Å². The fourth-order valence-electron chi connectivity index (χ4n) is 1.82.